The molecular weight excluding hydrogens is 338 g/mol. The molecule has 0 atom stereocenters. The molecule has 0 aromatic heterocycles. The summed E-state index contributed by atoms with van der Waals surface area (Å²) in [7, 11) is 0. The van der Waals surface area contributed by atoms with E-state index in [0.717, 1.165) is 18.8 Å². The van der Waals surface area contributed by atoms with Gasteiger partial charge in [-0.05, 0) is 48.2 Å². The molecule has 0 aliphatic carbocycles. The molecule has 3 rings (SSSR count). The predicted molar refractivity (Wildman–Crippen MR) is 109 cm³/mol. The summed E-state index contributed by atoms with van der Waals surface area (Å²) >= 11 is 0. The van der Waals surface area contributed by atoms with Crippen LogP contribution in [0.5, 0.6) is 0 Å². The van der Waals surface area contributed by atoms with Crippen molar-refractivity contribution < 1.29 is 9.59 Å². The largest absolute Gasteiger partial charge is 0.368 e. The van der Waals surface area contributed by atoms with E-state index in [-0.39, 0.29) is 0 Å². The summed E-state index contributed by atoms with van der Waals surface area (Å²) in [6.07, 6.45) is 0. The van der Waals surface area contributed by atoms with Gasteiger partial charge in [0, 0.05) is 37.6 Å². The fraction of sp³-hybridized carbons (Fsp3) is 0.364. The molecule has 2 amide bonds. The zero-order chi connectivity index (χ0) is 19.4. The minimum Gasteiger partial charge on any atom is -0.368 e. The zero-order valence-electron chi connectivity index (χ0n) is 16.2. The summed E-state index contributed by atoms with van der Waals surface area (Å²) in [4.78, 5) is 28.7. The van der Waals surface area contributed by atoms with Crippen molar-refractivity contribution in [3.05, 3.63) is 59.7 Å². The number of rotatable bonds is 3. The lowest BCUT2D eigenvalue weighted by Gasteiger charge is -2.35. The van der Waals surface area contributed by atoms with Crippen LogP contribution < -0.4 is 10.2 Å². The van der Waals surface area contributed by atoms with E-state index in [1.54, 1.807) is 4.90 Å². The molecule has 0 bridgehead atoms. The van der Waals surface area contributed by atoms with E-state index in [0.29, 0.717) is 24.7 Å². The minimum atomic E-state index is -0.573. The Bertz CT molecular complexity index is 807. The predicted octanol–water partition coefficient (Wildman–Crippen LogP) is 3.41. The minimum absolute atomic E-state index is 0.432. The van der Waals surface area contributed by atoms with Gasteiger partial charge in [-0.15, -0.1) is 0 Å². The van der Waals surface area contributed by atoms with E-state index in [4.69, 9.17) is 0 Å². The van der Waals surface area contributed by atoms with Crippen molar-refractivity contribution in [2.45, 2.75) is 26.7 Å². The number of hydrogen-bond donors (Lipinski definition) is 1. The maximum atomic E-state index is 12.5. The molecule has 5 nitrogen and oxygen atoms in total. The molecule has 0 unspecified atom stereocenters. The fourth-order valence-electron chi connectivity index (χ4n) is 3.27. The van der Waals surface area contributed by atoms with Crippen LogP contribution >= 0.6 is 0 Å². The van der Waals surface area contributed by atoms with Gasteiger partial charge in [0.25, 0.3) is 0 Å². The first-order valence-electron chi connectivity index (χ1n) is 9.46. The molecule has 0 radical (unpaired) electrons. The summed E-state index contributed by atoms with van der Waals surface area (Å²) in [5.41, 5.74) is 4.23. The Morgan fingerprint density at radius 2 is 1.63 bits per heavy atom. The number of benzene rings is 2. The number of nitrogens with zero attached hydrogens (tertiary/aromatic N) is 2. The SMILES string of the molecule is Cc1cccc(N2CCN(C(=O)C(=O)Nc3ccc(C(C)C)cc3)CC2)c1. The van der Waals surface area contributed by atoms with Crippen LogP contribution in [-0.2, 0) is 9.59 Å². The molecule has 1 saturated heterocycles. The van der Waals surface area contributed by atoms with Crippen LogP contribution in [0.1, 0.15) is 30.9 Å². The van der Waals surface area contributed by atoms with Crippen LogP contribution in [0.2, 0.25) is 0 Å². The molecule has 0 saturated carbocycles. The number of hydrogen-bond acceptors (Lipinski definition) is 3. The highest BCUT2D eigenvalue weighted by molar-refractivity contribution is 6.39. The quantitative estimate of drug-likeness (QED) is 0.848. The van der Waals surface area contributed by atoms with Crippen LogP contribution in [0.15, 0.2) is 48.5 Å². The summed E-state index contributed by atoms with van der Waals surface area (Å²) in [6, 6.07) is 16.0. The number of piperazine rings is 1. The summed E-state index contributed by atoms with van der Waals surface area (Å²) in [5.74, 6) is -0.607. The van der Waals surface area contributed by atoms with Crippen molar-refractivity contribution in [2.75, 3.05) is 36.4 Å². The second-order valence-corrected chi connectivity index (χ2v) is 7.35. The molecule has 2 aromatic rings. The Balaban J connectivity index is 1.54. The Kier molecular flexibility index (Phi) is 5.79. The van der Waals surface area contributed by atoms with Gasteiger partial charge in [-0.25, -0.2) is 0 Å². The molecule has 1 heterocycles. The monoisotopic (exact) mass is 365 g/mol. The van der Waals surface area contributed by atoms with E-state index >= 15 is 0 Å². The molecular formula is C22H27N3O2. The third kappa shape index (κ3) is 4.67. The molecule has 27 heavy (non-hydrogen) atoms. The molecule has 1 aliphatic rings. The third-order valence-corrected chi connectivity index (χ3v) is 4.96. The van der Waals surface area contributed by atoms with Gasteiger partial charge < -0.3 is 15.1 Å². The smallest absolute Gasteiger partial charge is 0.313 e. The van der Waals surface area contributed by atoms with Crippen LogP contribution in [0, 0.1) is 6.92 Å². The number of amides is 2. The topological polar surface area (TPSA) is 52.7 Å². The van der Waals surface area contributed by atoms with Gasteiger partial charge in [0.05, 0.1) is 0 Å². The van der Waals surface area contributed by atoms with Gasteiger partial charge in [0.1, 0.15) is 0 Å². The van der Waals surface area contributed by atoms with Gasteiger partial charge in [-0.3, -0.25) is 9.59 Å². The lowest BCUT2D eigenvalue weighted by molar-refractivity contribution is -0.143. The lowest BCUT2D eigenvalue weighted by atomic mass is 10.0. The summed E-state index contributed by atoms with van der Waals surface area (Å²) in [5, 5.41) is 2.71. The maximum Gasteiger partial charge on any atom is 0.313 e. The van der Waals surface area contributed by atoms with Crippen molar-refractivity contribution in [2.24, 2.45) is 0 Å². The van der Waals surface area contributed by atoms with E-state index in [1.165, 1.54) is 11.1 Å². The van der Waals surface area contributed by atoms with Crippen LogP contribution in [0.25, 0.3) is 0 Å². The van der Waals surface area contributed by atoms with Gasteiger partial charge in [-0.2, -0.15) is 0 Å². The van der Waals surface area contributed by atoms with Gasteiger partial charge in [0.2, 0.25) is 0 Å². The van der Waals surface area contributed by atoms with Crippen molar-refractivity contribution in [1.82, 2.24) is 4.90 Å². The van der Waals surface area contributed by atoms with Crippen molar-refractivity contribution in [1.29, 1.82) is 0 Å². The average molecular weight is 365 g/mol. The number of nitrogens with one attached hydrogen (secondary N) is 1. The molecule has 1 aliphatic heterocycles. The van der Waals surface area contributed by atoms with Gasteiger partial charge in [0.15, 0.2) is 0 Å². The number of carbonyl (C=O) groups is 2. The van der Waals surface area contributed by atoms with Crippen molar-refractivity contribution >= 4 is 23.2 Å². The first-order chi connectivity index (χ1) is 12.9. The number of aryl methyl sites for hydroxylation is 1. The van der Waals surface area contributed by atoms with E-state index < -0.39 is 11.8 Å². The summed E-state index contributed by atoms with van der Waals surface area (Å²) < 4.78 is 0. The highest BCUT2D eigenvalue weighted by Crippen LogP contribution is 2.19. The standard InChI is InChI=1S/C22H27N3O2/c1-16(2)18-7-9-19(10-8-18)23-21(26)22(27)25-13-11-24(12-14-25)20-6-4-5-17(3)15-20/h4-10,15-16H,11-14H2,1-3H3,(H,23,26). The first kappa shape index (κ1) is 19.0. The average Bonchev–Trinajstić information content (AvgIpc) is 2.68. The molecule has 142 valence electrons. The van der Waals surface area contributed by atoms with Crippen molar-refractivity contribution in [3.63, 3.8) is 0 Å². The Morgan fingerprint density at radius 3 is 2.22 bits per heavy atom. The highest BCUT2D eigenvalue weighted by Gasteiger charge is 2.26. The van der Waals surface area contributed by atoms with Crippen LogP contribution in [0.3, 0.4) is 0 Å². The van der Waals surface area contributed by atoms with Crippen molar-refractivity contribution in [3.8, 4) is 0 Å². The lowest BCUT2D eigenvalue weighted by Crippen LogP contribution is -2.51. The Labute approximate surface area is 161 Å². The van der Waals surface area contributed by atoms with Gasteiger partial charge in [-0.1, -0.05) is 38.1 Å². The molecule has 2 aromatic carbocycles. The van der Waals surface area contributed by atoms with Crippen LogP contribution in [-0.4, -0.2) is 42.9 Å². The fourth-order valence-corrected chi connectivity index (χ4v) is 3.27. The van der Waals surface area contributed by atoms with Gasteiger partial charge >= 0.3 is 11.8 Å². The normalized spacial score (nSPS) is 14.4. The molecule has 0 spiro atoms. The number of carbonyl (C=O) groups excluding carboxylic acids is 2. The Hall–Kier alpha value is -2.82. The third-order valence-electron chi connectivity index (χ3n) is 4.96. The van der Waals surface area contributed by atoms with E-state index in [2.05, 4.69) is 49.2 Å². The maximum absolute atomic E-state index is 12.5. The molecule has 1 N–H and O–H groups in total. The Morgan fingerprint density at radius 1 is 0.963 bits per heavy atom. The number of anilines is 2. The second kappa shape index (κ2) is 8.25. The highest BCUT2D eigenvalue weighted by atomic mass is 16.2. The zero-order valence-corrected chi connectivity index (χ0v) is 16.2. The second-order valence-electron chi connectivity index (χ2n) is 7.35. The summed E-state index contributed by atoms with van der Waals surface area (Å²) in [6.45, 7) is 8.86. The van der Waals surface area contributed by atoms with E-state index in [9.17, 15) is 9.59 Å². The first-order valence-corrected chi connectivity index (χ1v) is 9.46. The molecule has 1 fully saturated rings. The van der Waals surface area contributed by atoms with Crippen LogP contribution in [0.4, 0.5) is 11.4 Å². The molecule has 5 heteroatoms. The van der Waals surface area contributed by atoms with E-state index in [1.807, 2.05) is 30.3 Å².